The van der Waals surface area contributed by atoms with Crippen molar-refractivity contribution in [3.05, 3.63) is 0 Å². The number of carbonyl (C=O) groups excluding carboxylic acids is 1. The van der Waals surface area contributed by atoms with Gasteiger partial charge in [0.1, 0.15) is 0 Å². The predicted molar refractivity (Wildman–Crippen MR) is 71.5 cm³/mol. The summed E-state index contributed by atoms with van der Waals surface area (Å²) in [5.74, 6) is 1.00. The van der Waals surface area contributed by atoms with Crippen molar-refractivity contribution in [2.75, 3.05) is 32.7 Å². The maximum Gasteiger partial charge on any atom is 0.237 e. The zero-order valence-electron chi connectivity index (χ0n) is 10.6. The van der Waals surface area contributed by atoms with Gasteiger partial charge in [-0.3, -0.25) is 9.69 Å². The average molecular weight is 262 g/mol. The molecule has 2 rings (SSSR count). The first-order valence-electron chi connectivity index (χ1n) is 6.53. The molecule has 2 aliphatic heterocycles. The van der Waals surface area contributed by atoms with E-state index >= 15 is 0 Å². The summed E-state index contributed by atoms with van der Waals surface area (Å²) in [6, 6.07) is 0.114. The molecule has 0 saturated carbocycles. The van der Waals surface area contributed by atoms with E-state index in [0.717, 1.165) is 45.1 Å². The number of piperazine rings is 1. The number of hydrogen-bond donors (Lipinski definition) is 2. The normalized spacial score (nSPS) is 27.4. The van der Waals surface area contributed by atoms with Crippen LogP contribution in [-0.4, -0.2) is 49.6 Å². The van der Waals surface area contributed by atoms with E-state index in [0.29, 0.717) is 0 Å². The van der Waals surface area contributed by atoms with Gasteiger partial charge in [0.05, 0.1) is 6.04 Å². The fourth-order valence-electron chi connectivity index (χ4n) is 2.82. The third kappa shape index (κ3) is 3.83. The van der Waals surface area contributed by atoms with Crippen molar-refractivity contribution in [2.45, 2.75) is 32.2 Å². The summed E-state index contributed by atoms with van der Waals surface area (Å²) >= 11 is 0. The van der Waals surface area contributed by atoms with Crippen LogP contribution in [0.5, 0.6) is 0 Å². The lowest BCUT2D eigenvalue weighted by molar-refractivity contribution is -0.129. The third-order valence-electron chi connectivity index (χ3n) is 3.78. The molecule has 0 aromatic rings. The van der Waals surface area contributed by atoms with Crippen LogP contribution in [-0.2, 0) is 4.79 Å². The van der Waals surface area contributed by atoms with Crippen molar-refractivity contribution in [3.8, 4) is 0 Å². The summed E-state index contributed by atoms with van der Waals surface area (Å²) in [6.45, 7) is 7.33. The molecule has 17 heavy (non-hydrogen) atoms. The highest BCUT2D eigenvalue weighted by atomic mass is 35.5. The fourth-order valence-corrected chi connectivity index (χ4v) is 2.82. The molecule has 4 nitrogen and oxygen atoms in total. The highest BCUT2D eigenvalue weighted by molar-refractivity contribution is 5.85. The van der Waals surface area contributed by atoms with E-state index in [1.165, 1.54) is 12.8 Å². The number of amides is 1. The maximum atomic E-state index is 11.7. The lowest BCUT2D eigenvalue weighted by atomic mass is 9.96. The molecule has 2 saturated heterocycles. The molecule has 2 aliphatic rings. The molecule has 1 amide bonds. The van der Waals surface area contributed by atoms with Crippen LogP contribution in [0.25, 0.3) is 0 Å². The van der Waals surface area contributed by atoms with Crippen LogP contribution in [0, 0.1) is 5.92 Å². The van der Waals surface area contributed by atoms with Crippen LogP contribution in [0.4, 0.5) is 0 Å². The van der Waals surface area contributed by atoms with Crippen molar-refractivity contribution in [3.63, 3.8) is 0 Å². The lowest BCUT2D eigenvalue weighted by Crippen LogP contribution is -2.56. The second-order valence-corrected chi connectivity index (χ2v) is 4.90. The van der Waals surface area contributed by atoms with Gasteiger partial charge in [-0.05, 0) is 38.3 Å². The quantitative estimate of drug-likeness (QED) is 0.783. The molecule has 1 atom stereocenters. The minimum atomic E-state index is 0. The van der Waals surface area contributed by atoms with E-state index in [9.17, 15) is 4.79 Å². The number of piperidine rings is 1. The summed E-state index contributed by atoms with van der Waals surface area (Å²) in [5, 5.41) is 6.35. The molecule has 5 heteroatoms. The SMILES string of the molecule is CCC1C(=O)NCCN1CC1CCNCC1.Cl. The van der Waals surface area contributed by atoms with Crippen LogP contribution in [0.3, 0.4) is 0 Å². The van der Waals surface area contributed by atoms with Gasteiger partial charge in [0.25, 0.3) is 0 Å². The minimum Gasteiger partial charge on any atom is -0.353 e. The molecule has 100 valence electrons. The van der Waals surface area contributed by atoms with Crippen LogP contribution in [0.2, 0.25) is 0 Å². The van der Waals surface area contributed by atoms with E-state index < -0.39 is 0 Å². The highest BCUT2D eigenvalue weighted by Gasteiger charge is 2.29. The molecule has 0 aliphatic carbocycles. The number of carbonyl (C=O) groups is 1. The monoisotopic (exact) mass is 261 g/mol. The van der Waals surface area contributed by atoms with E-state index in [1.54, 1.807) is 0 Å². The summed E-state index contributed by atoms with van der Waals surface area (Å²) in [6.07, 6.45) is 3.44. The number of nitrogens with one attached hydrogen (secondary N) is 2. The van der Waals surface area contributed by atoms with Gasteiger partial charge in [-0.15, -0.1) is 12.4 Å². The van der Waals surface area contributed by atoms with Crippen molar-refractivity contribution in [2.24, 2.45) is 5.92 Å². The Morgan fingerprint density at radius 2 is 2.00 bits per heavy atom. The van der Waals surface area contributed by atoms with Crippen molar-refractivity contribution < 1.29 is 4.79 Å². The van der Waals surface area contributed by atoms with Gasteiger partial charge >= 0.3 is 0 Å². The van der Waals surface area contributed by atoms with Gasteiger partial charge in [0.2, 0.25) is 5.91 Å². The van der Waals surface area contributed by atoms with Crippen molar-refractivity contribution in [1.29, 1.82) is 0 Å². The van der Waals surface area contributed by atoms with Gasteiger partial charge < -0.3 is 10.6 Å². The Bertz CT molecular complexity index is 244. The van der Waals surface area contributed by atoms with Crippen molar-refractivity contribution in [1.82, 2.24) is 15.5 Å². The third-order valence-corrected chi connectivity index (χ3v) is 3.78. The highest BCUT2D eigenvalue weighted by Crippen LogP contribution is 2.17. The second kappa shape index (κ2) is 7.19. The van der Waals surface area contributed by atoms with E-state index in [4.69, 9.17) is 0 Å². The number of rotatable bonds is 3. The van der Waals surface area contributed by atoms with Crippen LogP contribution >= 0.6 is 12.4 Å². The first kappa shape index (κ1) is 14.7. The predicted octanol–water partition coefficient (Wildman–Crippen LogP) is 0.618. The van der Waals surface area contributed by atoms with Gasteiger partial charge in [-0.2, -0.15) is 0 Å². The second-order valence-electron chi connectivity index (χ2n) is 4.90. The number of halogens is 1. The van der Waals surface area contributed by atoms with Crippen molar-refractivity contribution >= 4 is 18.3 Å². The number of nitrogens with zero attached hydrogens (tertiary/aromatic N) is 1. The Labute approximate surface area is 110 Å². The molecule has 2 heterocycles. The Kier molecular flexibility index (Phi) is 6.23. The topological polar surface area (TPSA) is 44.4 Å². The summed E-state index contributed by atoms with van der Waals surface area (Å²) < 4.78 is 0. The molecule has 1 unspecified atom stereocenters. The first-order chi connectivity index (χ1) is 7.81. The largest absolute Gasteiger partial charge is 0.353 e. The number of hydrogen-bond acceptors (Lipinski definition) is 3. The Balaban J connectivity index is 0.00000144. The molecular weight excluding hydrogens is 238 g/mol. The molecule has 2 N–H and O–H groups in total. The Morgan fingerprint density at radius 3 is 2.65 bits per heavy atom. The summed E-state index contributed by atoms with van der Waals surface area (Å²) in [5.41, 5.74) is 0. The molecule has 2 fully saturated rings. The standard InChI is InChI=1S/C12H23N3O.ClH/c1-2-11-12(16)14-7-8-15(11)9-10-3-5-13-6-4-10;/h10-11,13H,2-9H2,1H3,(H,14,16);1H. The summed E-state index contributed by atoms with van der Waals surface area (Å²) in [7, 11) is 0. The molecular formula is C12H24ClN3O. The van der Waals surface area contributed by atoms with E-state index in [1.807, 2.05) is 0 Å². The molecule has 0 aromatic carbocycles. The fraction of sp³-hybridized carbons (Fsp3) is 0.917. The molecule has 0 radical (unpaired) electrons. The summed E-state index contributed by atoms with van der Waals surface area (Å²) in [4.78, 5) is 14.1. The van der Waals surface area contributed by atoms with Gasteiger partial charge in [0, 0.05) is 19.6 Å². The van der Waals surface area contributed by atoms with Gasteiger partial charge in [-0.25, -0.2) is 0 Å². The minimum absolute atomic E-state index is 0. The molecule has 0 spiro atoms. The Hall–Kier alpha value is -0.320. The van der Waals surface area contributed by atoms with E-state index in [2.05, 4.69) is 22.5 Å². The lowest BCUT2D eigenvalue weighted by Gasteiger charge is -2.37. The average Bonchev–Trinajstić information content (AvgIpc) is 2.31. The molecule has 0 bridgehead atoms. The molecule has 0 aromatic heterocycles. The first-order valence-corrected chi connectivity index (χ1v) is 6.53. The zero-order valence-corrected chi connectivity index (χ0v) is 11.4. The maximum absolute atomic E-state index is 11.7. The zero-order chi connectivity index (χ0) is 11.4. The van der Waals surface area contributed by atoms with Crippen LogP contribution in [0.1, 0.15) is 26.2 Å². The van der Waals surface area contributed by atoms with E-state index in [-0.39, 0.29) is 24.4 Å². The van der Waals surface area contributed by atoms with Crippen LogP contribution in [0.15, 0.2) is 0 Å². The Morgan fingerprint density at radius 1 is 1.29 bits per heavy atom. The van der Waals surface area contributed by atoms with Crippen LogP contribution < -0.4 is 10.6 Å². The van der Waals surface area contributed by atoms with Gasteiger partial charge in [-0.1, -0.05) is 6.92 Å². The smallest absolute Gasteiger partial charge is 0.237 e. The van der Waals surface area contributed by atoms with Gasteiger partial charge in [0.15, 0.2) is 0 Å².